The zero-order valence-corrected chi connectivity index (χ0v) is 8.29. The highest BCUT2D eigenvalue weighted by atomic mass is 127. The molecule has 0 N–H and O–H groups in total. The molecule has 1 rings (SSSR count). The van der Waals surface area contributed by atoms with Crippen LogP contribution in [0, 0.1) is 3.70 Å². The van der Waals surface area contributed by atoms with Crippen LogP contribution in [0.4, 0.5) is 0 Å². The molecule has 0 bridgehead atoms. The quantitative estimate of drug-likeness (QED) is 0.549. The topological polar surface area (TPSA) is 12.9 Å². The second kappa shape index (κ2) is 3.32. The molecule has 0 spiro atoms. The number of halogens is 1. The maximum atomic E-state index is 4.19. The molecule has 0 saturated heterocycles. The van der Waals surface area contributed by atoms with Gasteiger partial charge < -0.3 is 0 Å². The Morgan fingerprint density at radius 2 is 2.20 bits per heavy atom. The summed E-state index contributed by atoms with van der Waals surface area (Å²) in [6.45, 7) is 4.36. The van der Waals surface area contributed by atoms with Crippen LogP contribution in [-0.2, 0) is 0 Å². The average Bonchev–Trinajstić information content (AvgIpc) is 1.88. The van der Waals surface area contributed by atoms with Gasteiger partial charge in [-0.05, 0) is 40.1 Å². The summed E-state index contributed by atoms with van der Waals surface area (Å²) in [5.74, 6) is 0.584. The van der Waals surface area contributed by atoms with Crippen LogP contribution in [0.25, 0.3) is 0 Å². The molecule has 2 heteroatoms. The van der Waals surface area contributed by atoms with Crippen LogP contribution in [0.2, 0.25) is 0 Å². The fraction of sp³-hybridized carbons (Fsp3) is 0.375. The van der Waals surface area contributed by atoms with Gasteiger partial charge in [0.15, 0.2) is 0 Å². The molecular weight excluding hydrogens is 237 g/mol. The molecule has 1 nitrogen and oxygen atoms in total. The van der Waals surface area contributed by atoms with Crippen molar-refractivity contribution in [3.8, 4) is 0 Å². The van der Waals surface area contributed by atoms with Crippen molar-refractivity contribution in [3.05, 3.63) is 27.6 Å². The van der Waals surface area contributed by atoms with Crippen molar-refractivity contribution >= 4 is 22.6 Å². The molecule has 0 aliphatic heterocycles. The Balaban J connectivity index is 3.03. The molecule has 1 aromatic heterocycles. The van der Waals surface area contributed by atoms with Gasteiger partial charge in [-0.15, -0.1) is 0 Å². The van der Waals surface area contributed by atoms with Gasteiger partial charge in [0, 0.05) is 6.20 Å². The third kappa shape index (κ3) is 1.68. The summed E-state index contributed by atoms with van der Waals surface area (Å²) in [7, 11) is 0. The van der Waals surface area contributed by atoms with Gasteiger partial charge in [0.1, 0.15) is 3.70 Å². The Kier molecular flexibility index (Phi) is 2.65. The summed E-state index contributed by atoms with van der Waals surface area (Å²) in [5, 5.41) is 0. The van der Waals surface area contributed by atoms with E-state index < -0.39 is 0 Å². The molecule has 0 atom stereocenters. The van der Waals surface area contributed by atoms with Crippen LogP contribution in [0.3, 0.4) is 0 Å². The summed E-state index contributed by atoms with van der Waals surface area (Å²) in [6.07, 6.45) is 1.83. The van der Waals surface area contributed by atoms with Crippen molar-refractivity contribution < 1.29 is 0 Å². The molecule has 0 aliphatic rings. The Hall–Kier alpha value is -0.120. The maximum absolute atomic E-state index is 4.19. The number of nitrogens with zero attached hydrogens (tertiary/aromatic N) is 1. The summed E-state index contributed by atoms with van der Waals surface area (Å²) >= 11 is 2.26. The fourth-order valence-electron chi connectivity index (χ4n) is 0.829. The van der Waals surface area contributed by atoms with Crippen molar-refractivity contribution in [2.75, 3.05) is 0 Å². The molecule has 0 amide bonds. The van der Waals surface area contributed by atoms with E-state index in [0.29, 0.717) is 5.92 Å². The third-order valence-electron chi connectivity index (χ3n) is 1.41. The van der Waals surface area contributed by atoms with Crippen molar-refractivity contribution in [1.82, 2.24) is 4.98 Å². The standard InChI is InChI=1S/C8H10IN/c1-6(2)7-4-3-5-10-8(7)9/h3-6H,1-2H3. The number of aromatic nitrogens is 1. The Morgan fingerprint density at radius 3 is 2.60 bits per heavy atom. The minimum absolute atomic E-state index is 0.584. The minimum Gasteiger partial charge on any atom is -0.250 e. The lowest BCUT2D eigenvalue weighted by molar-refractivity contribution is 0.848. The van der Waals surface area contributed by atoms with E-state index in [2.05, 4.69) is 47.5 Å². The van der Waals surface area contributed by atoms with Crippen LogP contribution in [0.1, 0.15) is 25.3 Å². The highest BCUT2D eigenvalue weighted by Gasteiger charge is 2.02. The summed E-state index contributed by atoms with van der Waals surface area (Å²) in [4.78, 5) is 4.19. The zero-order valence-electron chi connectivity index (χ0n) is 6.13. The first-order chi connectivity index (χ1) is 4.72. The van der Waals surface area contributed by atoms with Crippen molar-refractivity contribution in [3.63, 3.8) is 0 Å². The van der Waals surface area contributed by atoms with Gasteiger partial charge in [-0.25, -0.2) is 0 Å². The van der Waals surface area contributed by atoms with Crippen LogP contribution < -0.4 is 0 Å². The van der Waals surface area contributed by atoms with Crippen LogP contribution in [0.5, 0.6) is 0 Å². The molecule has 0 unspecified atom stereocenters. The predicted octanol–water partition coefficient (Wildman–Crippen LogP) is 2.81. The molecule has 0 fully saturated rings. The number of rotatable bonds is 1. The Morgan fingerprint density at radius 1 is 1.50 bits per heavy atom. The highest BCUT2D eigenvalue weighted by Crippen LogP contribution is 2.17. The largest absolute Gasteiger partial charge is 0.250 e. The number of hydrogen-bond acceptors (Lipinski definition) is 1. The van der Waals surface area contributed by atoms with E-state index in [1.54, 1.807) is 0 Å². The van der Waals surface area contributed by atoms with E-state index in [9.17, 15) is 0 Å². The van der Waals surface area contributed by atoms with E-state index in [1.165, 1.54) is 5.56 Å². The third-order valence-corrected chi connectivity index (χ3v) is 2.31. The Labute approximate surface area is 75.0 Å². The van der Waals surface area contributed by atoms with Gasteiger partial charge in [0.25, 0.3) is 0 Å². The maximum Gasteiger partial charge on any atom is 0.104 e. The predicted molar refractivity (Wildman–Crippen MR) is 51.0 cm³/mol. The molecule has 0 aromatic carbocycles. The van der Waals surface area contributed by atoms with E-state index in [4.69, 9.17) is 0 Å². The van der Waals surface area contributed by atoms with E-state index in [-0.39, 0.29) is 0 Å². The highest BCUT2D eigenvalue weighted by molar-refractivity contribution is 14.1. The normalized spacial score (nSPS) is 10.4. The van der Waals surface area contributed by atoms with E-state index in [1.807, 2.05) is 12.3 Å². The van der Waals surface area contributed by atoms with Crippen LogP contribution in [-0.4, -0.2) is 4.98 Å². The molecule has 1 heterocycles. The van der Waals surface area contributed by atoms with Gasteiger partial charge in [-0.1, -0.05) is 19.9 Å². The summed E-state index contributed by atoms with van der Waals surface area (Å²) in [6, 6.07) is 4.11. The first-order valence-corrected chi connectivity index (χ1v) is 4.40. The lowest BCUT2D eigenvalue weighted by atomic mass is 10.1. The second-order valence-corrected chi connectivity index (χ2v) is 3.56. The van der Waals surface area contributed by atoms with Gasteiger partial charge in [0.2, 0.25) is 0 Å². The van der Waals surface area contributed by atoms with Gasteiger partial charge >= 0.3 is 0 Å². The smallest absolute Gasteiger partial charge is 0.104 e. The molecular formula is C8H10IN. The van der Waals surface area contributed by atoms with Crippen LogP contribution in [0.15, 0.2) is 18.3 Å². The number of hydrogen-bond donors (Lipinski definition) is 0. The van der Waals surface area contributed by atoms with Crippen molar-refractivity contribution in [1.29, 1.82) is 0 Å². The van der Waals surface area contributed by atoms with Gasteiger partial charge in [0.05, 0.1) is 0 Å². The Bertz CT molecular complexity index is 220. The van der Waals surface area contributed by atoms with Gasteiger partial charge in [-0.2, -0.15) is 0 Å². The number of pyridine rings is 1. The lowest BCUT2D eigenvalue weighted by Gasteiger charge is -2.05. The molecule has 54 valence electrons. The SMILES string of the molecule is CC(C)c1cccnc1I. The van der Waals surface area contributed by atoms with E-state index in [0.717, 1.165) is 3.70 Å². The molecule has 10 heavy (non-hydrogen) atoms. The van der Waals surface area contributed by atoms with E-state index >= 15 is 0 Å². The molecule has 0 radical (unpaired) electrons. The van der Waals surface area contributed by atoms with Crippen molar-refractivity contribution in [2.24, 2.45) is 0 Å². The average molecular weight is 247 g/mol. The molecule has 0 saturated carbocycles. The molecule has 1 aromatic rings. The molecule has 0 aliphatic carbocycles. The second-order valence-electron chi connectivity index (χ2n) is 2.54. The minimum atomic E-state index is 0.584. The lowest BCUT2D eigenvalue weighted by Crippen LogP contribution is -1.92. The van der Waals surface area contributed by atoms with Crippen molar-refractivity contribution in [2.45, 2.75) is 19.8 Å². The summed E-state index contributed by atoms with van der Waals surface area (Å²) < 4.78 is 1.12. The monoisotopic (exact) mass is 247 g/mol. The zero-order chi connectivity index (χ0) is 7.56. The first-order valence-electron chi connectivity index (χ1n) is 3.32. The summed E-state index contributed by atoms with van der Waals surface area (Å²) in [5.41, 5.74) is 1.34. The first kappa shape index (κ1) is 7.98. The van der Waals surface area contributed by atoms with Crippen LogP contribution >= 0.6 is 22.6 Å². The van der Waals surface area contributed by atoms with Gasteiger partial charge in [-0.3, -0.25) is 4.98 Å². The fourth-order valence-corrected chi connectivity index (χ4v) is 1.79.